The molecule has 3 aromatic rings. The monoisotopic (exact) mass is 432 g/mol. The molecule has 0 aliphatic rings. The molecule has 2 N–H and O–H groups in total. The summed E-state index contributed by atoms with van der Waals surface area (Å²) < 4.78 is 40.2. The van der Waals surface area contributed by atoms with E-state index in [4.69, 9.17) is 0 Å². The van der Waals surface area contributed by atoms with Gasteiger partial charge in [0.1, 0.15) is 12.2 Å². The molecule has 0 aliphatic carbocycles. The Bertz CT molecular complexity index is 1090. The minimum absolute atomic E-state index is 0.0757. The zero-order valence-corrected chi connectivity index (χ0v) is 17.6. The maximum atomic E-state index is 12.9. The number of halogens is 3. The first-order valence-electron chi connectivity index (χ1n) is 9.52. The van der Waals surface area contributed by atoms with E-state index in [1.807, 2.05) is 33.8 Å². The first kappa shape index (κ1) is 22.3. The van der Waals surface area contributed by atoms with Gasteiger partial charge in [-0.1, -0.05) is 6.07 Å². The van der Waals surface area contributed by atoms with Crippen LogP contribution in [0.1, 0.15) is 32.0 Å². The van der Waals surface area contributed by atoms with Crippen molar-refractivity contribution in [2.24, 2.45) is 0 Å². The summed E-state index contributed by atoms with van der Waals surface area (Å²) in [7, 11) is 0. The summed E-state index contributed by atoms with van der Waals surface area (Å²) in [5.74, 6) is -0.309. The average molecular weight is 432 g/mol. The largest absolute Gasteiger partial charge is 0.433 e. The molecule has 1 aromatic carbocycles. The Balaban J connectivity index is 1.79. The lowest BCUT2D eigenvalue weighted by Gasteiger charge is -2.20. The van der Waals surface area contributed by atoms with E-state index in [-0.39, 0.29) is 23.9 Å². The van der Waals surface area contributed by atoms with E-state index in [1.165, 1.54) is 4.68 Å². The van der Waals surface area contributed by atoms with Crippen LogP contribution in [0.5, 0.6) is 0 Å². The number of amides is 1. The van der Waals surface area contributed by atoms with Crippen molar-refractivity contribution in [3.8, 4) is 11.1 Å². The third kappa shape index (κ3) is 6.27. The standard InChI is InChI=1S/C21H23F3N6O/c1-13-7-14(15-10-26-30(11-15)12-18(31)29-20(2,3)4)9-16(8-13)27-19-25-6-5-17(28-19)21(22,23)24/h5-11H,12H2,1-4H3,(H,29,31)(H,25,27,28). The number of benzene rings is 1. The molecule has 0 spiro atoms. The first-order valence-corrected chi connectivity index (χ1v) is 9.52. The van der Waals surface area contributed by atoms with Crippen molar-refractivity contribution in [2.45, 2.75) is 46.0 Å². The highest BCUT2D eigenvalue weighted by Crippen LogP contribution is 2.29. The minimum Gasteiger partial charge on any atom is -0.350 e. The van der Waals surface area contributed by atoms with Crippen LogP contribution in [0.2, 0.25) is 0 Å². The van der Waals surface area contributed by atoms with Crippen molar-refractivity contribution >= 4 is 17.5 Å². The molecule has 0 saturated carbocycles. The number of carbonyl (C=O) groups is 1. The van der Waals surface area contributed by atoms with Crippen molar-refractivity contribution < 1.29 is 18.0 Å². The summed E-state index contributed by atoms with van der Waals surface area (Å²) in [6, 6.07) is 6.26. The molecule has 31 heavy (non-hydrogen) atoms. The molecule has 1 amide bonds. The SMILES string of the molecule is Cc1cc(Nc2nccc(C(F)(F)F)n2)cc(-c2cnn(CC(=O)NC(C)(C)C)c2)c1. The number of aryl methyl sites for hydroxylation is 1. The van der Waals surface area contributed by atoms with Crippen molar-refractivity contribution in [1.29, 1.82) is 0 Å². The topological polar surface area (TPSA) is 84.7 Å². The van der Waals surface area contributed by atoms with E-state index >= 15 is 0 Å². The molecule has 3 rings (SSSR count). The second kappa shape index (κ2) is 8.37. The Hall–Kier alpha value is -3.43. The van der Waals surface area contributed by atoms with Crippen molar-refractivity contribution in [2.75, 3.05) is 5.32 Å². The smallest absolute Gasteiger partial charge is 0.350 e. The van der Waals surface area contributed by atoms with E-state index in [1.54, 1.807) is 24.5 Å². The second-order valence-electron chi connectivity index (χ2n) is 8.20. The Morgan fingerprint density at radius 3 is 2.55 bits per heavy atom. The molecule has 0 atom stereocenters. The van der Waals surface area contributed by atoms with Crippen molar-refractivity contribution in [3.05, 3.63) is 54.1 Å². The normalized spacial score (nSPS) is 12.0. The van der Waals surface area contributed by atoms with Gasteiger partial charge in [0.05, 0.1) is 6.20 Å². The zero-order valence-electron chi connectivity index (χ0n) is 17.6. The average Bonchev–Trinajstić information content (AvgIpc) is 3.07. The number of anilines is 2. The second-order valence-corrected chi connectivity index (χ2v) is 8.20. The van der Waals surface area contributed by atoms with E-state index in [0.717, 1.165) is 29.0 Å². The first-order chi connectivity index (χ1) is 14.4. The summed E-state index contributed by atoms with van der Waals surface area (Å²) in [6.45, 7) is 7.63. The molecule has 2 aromatic heterocycles. The van der Waals surface area contributed by atoms with Crippen LogP contribution in [-0.2, 0) is 17.5 Å². The number of nitrogens with zero attached hydrogens (tertiary/aromatic N) is 4. The Morgan fingerprint density at radius 1 is 1.13 bits per heavy atom. The van der Waals surface area contributed by atoms with Gasteiger partial charge in [0.25, 0.3) is 0 Å². The fraction of sp³-hybridized carbons (Fsp3) is 0.333. The predicted octanol–water partition coefficient (Wildman–Crippen LogP) is 4.33. The number of rotatable bonds is 5. The summed E-state index contributed by atoms with van der Waals surface area (Å²) in [5, 5.41) is 9.92. The molecule has 0 fully saturated rings. The number of carbonyl (C=O) groups excluding carboxylic acids is 1. The highest BCUT2D eigenvalue weighted by atomic mass is 19.4. The van der Waals surface area contributed by atoms with Crippen LogP contribution in [0, 0.1) is 6.92 Å². The highest BCUT2D eigenvalue weighted by molar-refractivity contribution is 5.76. The summed E-state index contributed by atoms with van der Waals surface area (Å²) in [4.78, 5) is 19.5. The van der Waals surface area contributed by atoms with Crippen LogP contribution in [-0.4, -0.2) is 31.2 Å². The fourth-order valence-electron chi connectivity index (χ4n) is 2.93. The number of hydrogen-bond acceptors (Lipinski definition) is 5. The maximum absolute atomic E-state index is 12.9. The van der Waals surface area contributed by atoms with Crippen LogP contribution in [0.25, 0.3) is 11.1 Å². The van der Waals surface area contributed by atoms with Gasteiger partial charge in [-0.3, -0.25) is 9.48 Å². The van der Waals surface area contributed by atoms with Crippen molar-refractivity contribution in [3.63, 3.8) is 0 Å². The van der Waals surface area contributed by atoms with Crippen LogP contribution < -0.4 is 10.6 Å². The third-order valence-corrected chi connectivity index (χ3v) is 4.07. The maximum Gasteiger partial charge on any atom is 0.433 e. The van der Waals surface area contributed by atoms with E-state index in [0.29, 0.717) is 5.69 Å². The van der Waals surface area contributed by atoms with Gasteiger partial charge < -0.3 is 10.6 Å². The molecule has 0 unspecified atom stereocenters. The molecular formula is C21H23F3N6O. The molecule has 0 bridgehead atoms. The van der Waals surface area contributed by atoms with Gasteiger partial charge in [-0.25, -0.2) is 9.97 Å². The molecule has 0 radical (unpaired) electrons. The predicted molar refractivity (Wildman–Crippen MR) is 111 cm³/mol. The molecule has 7 nitrogen and oxygen atoms in total. The summed E-state index contributed by atoms with van der Waals surface area (Å²) in [5.41, 5.74) is 1.61. The Labute approximate surface area is 177 Å². The third-order valence-electron chi connectivity index (χ3n) is 4.07. The van der Waals surface area contributed by atoms with Crippen molar-refractivity contribution in [1.82, 2.24) is 25.1 Å². The minimum atomic E-state index is -4.55. The van der Waals surface area contributed by atoms with Gasteiger partial charge in [0.15, 0.2) is 0 Å². The summed E-state index contributed by atoms with van der Waals surface area (Å²) >= 11 is 0. The van der Waals surface area contributed by atoms with Gasteiger partial charge in [0.2, 0.25) is 11.9 Å². The van der Waals surface area contributed by atoms with E-state index in [2.05, 4.69) is 25.7 Å². The fourth-order valence-corrected chi connectivity index (χ4v) is 2.93. The molecule has 164 valence electrons. The van der Waals surface area contributed by atoms with Crippen LogP contribution >= 0.6 is 0 Å². The quantitative estimate of drug-likeness (QED) is 0.627. The Kier molecular flexibility index (Phi) is 6.01. The molecular weight excluding hydrogens is 409 g/mol. The number of aromatic nitrogens is 4. The van der Waals surface area contributed by atoms with Gasteiger partial charge in [0, 0.05) is 29.2 Å². The molecule has 2 heterocycles. The van der Waals surface area contributed by atoms with Gasteiger partial charge in [-0.15, -0.1) is 0 Å². The summed E-state index contributed by atoms with van der Waals surface area (Å²) in [6.07, 6.45) is -0.127. The zero-order chi connectivity index (χ0) is 22.8. The lowest BCUT2D eigenvalue weighted by Crippen LogP contribution is -2.42. The molecule has 0 saturated heterocycles. The number of alkyl halides is 3. The molecule has 10 heteroatoms. The Morgan fingerprint density at radius 2 is 1.87 bits per heavy atom. The van der Waals surface area contributed by atoms with Crippen LogP contribution in [0.3, 0.4) is 0 Å². The number of nitrogens with one attached hydrogen (secondary N) is 2. The van der Waals surface area contributed by atoms with E-state index in [9.17, 15) is 18.0 Å². The van der Waals surface area contributed by atoms with E-state index < -0.39 is 11.9 Å². The van der Waals surface area contributed by atoms with Gasteiger partial charge >= 0.3 is 6.18 Å². The van der Waals surface area contributed by atoms with Gasteiger partial charge in [-0.2, -0.15) is 18.3 Å². The lowest BCUT2D eigenvalue weighted by molar-refractivity contribution is -0.141. The van der Waals surface area contributed by atoms with Crippen LogP contribution in [0.4, 0.5) is 24.8 Å². The number of hydrogen-bond donors (Lipinski definition) is 2. The molecule has 0 aliphatic heterocycles. The highest BCUT2D eigenvalue weighted by Gasteiger charge is 2.32. The van der Waals surface area contributed by atoms with Crippen LogP contribution in [0.15, 0.2) is 42.9 Å². The lowest BCUT2D eigenvalue weighted by atomic mass is 10.1. The van der Waals surface area contributed by atoms with Gasteiger partial charge in [-0.05, 0) is 57.0 Å².